The predicted octanol–water partition coefficient (Wildman–Crippen LogP) is 2.99. The SMILES string of the molecule is CC1(C)c2ccccc2N(CCC(O)O)C12C=Cc1cccc(C(=O)O)c1O2. The Morgan fingerprint density at radius 1 is 1.14 bits per heavy atom. The molecule has 0 saturated heterocycles. The average Bonchev–Trinajstić information content (AvgIpc) is 2.83. The van der Waals surface area contributed by atoms with Gasteiger partial charge in [0.15, 0.2) is 6.29 Å². The molecular formula is C22H23NO5. The molecule has 0 radical (unpaired) electrons. The zero-order chi connectivity index (χ0) is 20.1. The average molecular weight is 381 g/mol. The van der Waals surface area contributed by atoms with Crippen molar-refractivity contribution >= 4 is 17.7 Å². The summed E-state index contributed by atoms with van der Waals surface area (Å²) in [5, 5.41) is 28.5. The van der Waals surface area contributed by atoms with Crippen molar-refractivity contribution in [2.75, 3.05) is 11.4 Å². The first-order chi connectivity index (χ1) is 13.3. The molecule has 1 unspecified atom stereocenters. The van der Waals surface area contributed by atoms with Gasteiger partial charge >= 0.3 is 5.97 Å². The molecule has 3 N–H and O–H groups in total. The van der Waals surface area contributed by atoms with Crippen molar-refractivity contribution in [1.29, 1.82) is 0 Å². The highest BCUT2D eigenvalue weighted by Crippen LogP contribution is 2.55. The quantitative estimate of drug-likeness (QED) is 0.706. The minimum Gasteiger partial charge on any atom is -0.478 e. The van der Waals surface area contributed by atoms with Gasteiger partial charge in [-0.05, 0) is 43.7 Å². The number of carboxylic acid groups (broad SMARTS) is 1. The maximum atomic E-state index is 11.8. The molecule has 6 nitrogen and oxygen atoms in total. The summed E-state index contributed by atoms with van der Waals surface area (Å²) in [5.74, 6) is -0.721. The largest absolute Gasteiger partial charge is 0.478 e. The zero-order valence-electron chi connectivity index (χ0n) is 15.8. The standard InChI is InChI=1S/C22H23NO5/c1-21(2)16-8-3-4-9-17(16)23(13-11-18(24)25)22(21)12-10-14-6-5-7-15(20(26)27)19(14)28-22/h3-10,12,18,24-25H,11,13H2,1-2H3,(H,26,27). The number of para-hydroxylation sites is 2. The van der Waals surface area contributed by atoms with Gasteiger partial charge in [-0.15, -0.1) is 0 Å². The number of anilines is 1. The fourth-order valence-corrected chi connectivity index (χ4v) is 4.32. The first-order valence-electron chi connectivity index (χ1n) is 9.26. The summed E-state index contributed by atoms with van der Waals surface area (Å²) in [7, 11) is 0. The second-order valence-electron chi connectivity index (χ2n) is 7.72. The van der Waals surface area contributed by atoms with Crippen LogP contribution in [0.1, 0.15) is 41.8 Å². The number of fused-ring (bicyclic) bond motifs is 2. The summed E-state index contributed by atoms with van der Waals surface area (Å²) < 4.78 is 6.51. The number of hydrogen-bond donors (Lipinski definition) is 3. The van der Waals surface area contributed by atoms with Crippen LogP contribution in [0.25, 0.3) is 6.08 Å². The molecule has 28 heavy (non-hydrogen) atoms. The van der Waals surface area contributed by atoms with Crippen LogP contribution < -0.4 is 9.64 Å². The number of benzene rings is 2. The Hall–Kier alpha value is -2.83. The molecule has 2 aromatic rings. The lowest BCUT2D eigenvalue weighted by atomic mass is 9.76. The van der Waals surface area contributed by atoms with E-state index in [1.165, 1.54) is 6.07 Å². The van der Waals surface area contributed by atoms with E-state index < -0.39 is 23.4 Å². The molecule has 0 aliphatic carbocycles. The highest BCUT2D eigenvalue weighted by Gasteiger charge is 2.58. The summed E-state index contributed by atoms with van der Waals surface area (Å²) >= 11 is 0. The van der Waals surface area contributed by atoms with Gasteiger partial charge in [-0.25, -0.2) is 4.79 Å². The van der Waals surface area contributed by atoms with Crippen molar-refractivity contribution in [3.63, 3.8) is 0 Å². The van der Waals surface area contributed by atoms with Crippen LogP contribution in [0.4, 0.5) is 5.69 Å². The maximum Gasteiger partial charge on any atom is 0.339 e. The molecule has 6 heteroatoms. The van der Waals surface area contributed by atoms with E-state index in [-0.39, 0.29) is 12.0 Å². The number of aromatic carboxylic acids is 1. The van der Waals surface area contributed by atoms with Gasteiger partial charge in [-0.1, -0.05) is 30.3 Å². The van der Waals surface area contributed by atoms with Gasteiger partial charge in [-0.2, -0.15) is 0 Å². The molecule has 0 aromatic heterocycles. The van der Waals surface area contributed by atoms with Crippen molar-refractivity contribution < 1.29 is 24.9 Å². The van der Waals surface area contributed by atoms with E-state index in [2.05, 4.69) is 13.8 Å². The van der Waals surface area contributed by atoms with Crippen LogP contribution in [-0.4, -0.2) is 39.8 Å². The van der Waals surface area contributed by atoms with Crippen molar-refractivity contribution in [3.8, 4) is 5.75 Å². The smallest absolute Gasteiger partial charge is 0.339 e. The van der Waals surface area contributed by atoms with Crippen molar-refractivity contribution in [1.82, 2.24) is 0 Å². The highest BCUT2D eigenvalue weighted by atomic mass is 16.5. The summed E-state index contributed by atoms with van der Waals surface area (Å²) in [5.41, 5.74) is 1.32. The topological polar surface area (TPSA) is 90.2 Å². The number of aliphatic hydroxyl groups excluding tert-OH is 1. The summed E-state index contributed by atoms with van der Waals surface area (Å²) in [6, 6.07) is 12.9. The molecule has 146 valence electrons. The van der Waals surface area contributed by atoms with Crippen molar-refractivity contribution in [2.45, 2.75) is 37.7 Å². The molecule has 0 bridgehead atoms. The van der Waals surface area contributed by atoms with Crippen LogP contribution in [0.15, 0.2) is 48.5 Å². The Bertz CT molecular complexity index is 965. The Morgan fingerprint density at radius 3 is 2.61 bits per heavy atom. The third-order valence-corrected chi connectivity index (χ3v) is 5.80. The van der Waals surface area contributed by atoms with E-state index in [0.717, 1.165) is 11.3 Å². The maximum absolute atomic E-state index is 11.8. The van der Waals surface area contributed by atoms with Gasteiger partial charge in [0.25, 0.3) is 0 Å². The Kier molecular flexibility index (Phi) is 4.21. The van der Waals surface area contributed by atoms with Gasteiger partial charge < -0.3 is 25.0 Å². The number of carboxylic acids is 1. The van der Waals surface area contributed by atoms with E-state index in [0.29, 0.717) is 17.9 Å². The van der Waals surface area contributed by atoms with Crippen LogP contribution >= 0.6 is 0 Å². The Labute approximate surface area is 163 Å². The van der Waals surface area contributed by atoms with E-state index in [9.17, 15) is 20.1 Å². The van der Waals surface area contributed by atoms with Gasteiger partial charge in [0.05, 0.1) is 5.41 Å². The molecule has 2 aliphatic heterocycles. The molecule has 1 spiro atoms. The monoisotopic (exact) mass is 381 g/mol. The van der Waals surface area contributed by atoms with E-state index in [1.54, 1.807) is 6.07 Å². The first-order valence-corrected chi connectivity index (χ1v) is 9.26. The molecule has 1 atom stereocenters. The molecule has 4 rings (SSSR count). The highest BCUT2D eigenvalue weighted by molar-refractivity contribution is 5.93. The normalized spacial score (nSPS) is 21.5. The Morgan fingerprint density at radius 2 is 1.89 bits per heavy atom. The van der Waals surface area contributed by atoms with Crippen LogP contribution in [0.5, 0.6) is 5.75 Å². The van der Waals surface area contributed by atoms with Crippen LogP contribution in [0.2, 0.25) is 0 Å². The molecule has 2 heterocycles. The predicted molar refractivity (Wildman–Crippen MR) is 105 cm³/mol. The lowest BCUT2D eigenvalue weighted by Gasteiger charge is -2.47. The van der Waals surface area contributed by atoms with Crippen molar-refractivity contribution in [2.24, 2.45) is 0 Å². The minimum atomic E-state index is -1.44. The van der Waals surface area contributed by atoms with Gasteiger partial charge in [0, 0.05) is 24.2 Å². The molecule has 2 aromatic carbocycles. The number of carbonyl (C=O) groups is 1. The molecule has 2 aliphatic rings. The second kappa shape index (κ2) is 6.36. The van der Waals surface area contributed by atoms with Gasteiger partial charge in [0.1, 0.15) is 11.3 Å². The van der Waals surface area contributed by atoms with Crippen molar-refractivity contribution in [3.05, 3.63) is 65.2 Å². The number of rotatable bonds is 4. The fraction of sp³-hybridized carbons (Fsp3) is 0.318. The fourth-order valence-electron chi connectivity index (χ4n) is 4.32. The van der Waals surface area contributed by atoms with Crippen LogP contribution in [-0.2, 0) is 5.41 Å². The molecule has 0 fully saturated rings. The molecule has 0 amide bonds. The van der Waals surface area contributed by atoms with Crippen LogP contribution in [0, 0.1) is 0 Å². The third-order valence-electron chi connectivity index (χ3n) is 5.80. The minimum absolute atomic E-state index is 0.107. The second-order valence-corrected chi connectivity index (χ2v) is 7.72. The number of nitrogens with zero attached hydrogens (tertiary/aromatic N) is 1. The third kappa shape index (κ3) is 2.52. The molecular weight excluding hydrogens is 358 g/mol. The number of hydrogen-bond acceptors (Lipinski definition) is 5. The molecule has 0 saturated carbocycles. The van der Waals surface area contributed by atoms with E-state index in [4.69, 9.17) is 4.74 Å². The number of ether oxygens (including phenoxy) is 1. The lowest BCUT2D eigenvalue weighted by molar-refractivity contribution is -0.0463. The zero-order valence-corrected chi connectivity index (χ0v) is 15.8. The number of aliphatic hydroxyl groups is 2. The summed E-state index contributed by atoms with van der Waals surface area (Å²) in [4.78, 5) is 13.8. The van der Waals surface area contributed by atoms with Gasteiger partial charge in [-0.3, -0.25) is 0 Å². The summed E-state index contributed by atoms with van der Waals surface area (Å²) in [6.45, 7) is 4.45. The summed E-state index contributed by atoms with van der Waals surface area (Å²) in [6.07, 6.45) is 2.53. The Balaban J connectivity index is 1.89. The van der Waals surface area contributed by atoms with Crippen LogP contribution in [0.3, 0.4) is 0 Å². The lowest BCUT2D eigenvalue weighted by Crippen LogP contribution is -2.60. The van der Waals surface area contributed by atoms with E-state index in [1.807, 2.05) is 47.4 Å². The van der Waals surface area contributed by atoms with Gasteiger partial charge in [0.2, 0.25) is 5.72 Å². The van der Waals surface area contributed by atoms with E-state index >= 15 is 0 Å². The first kappa shape index (κ1) is 18.5.